The molecule has 0 aromatic heterocycles. The Labute approximate surface area is 151 Å². The third kappa shape index (κ3) is 6.77. The lowest BCUT2D eigenvalue weighted by molar-refractivity contribution is -0.121. The van der Waals surface area contributed by atoms with Crippen molar-refractivity contribution in [1.29, 1.82) is 0 Å². The minimum absolute atomic E-state index is 0.00226. The highest BCUT2D eigenvalue weighted by molar-refractivity contribution is 5.76. The second kappa shape index (κ2) is 10.1. The smallest absolute Gasteiger partial charge is 0.315 e. The van der Waals surface area contributed by atoms with Gasteiger partial charge in [0.25, 0.3) is 0 Å². The number of hydrogen-bond acceptors (Lipinski definition) is 2. The van der Waals surface area contributed by atoms with Gasteiger partial charge in [-0.15, -0.1) is 0 Å². The van der Waals surface area contributed by atoms with Crippen LogP contribution >= 0.6 is 0 Å². The van der Waals surface area contributed by atoms with E-state index in [-0.39, 0.29) is 18.0 Å². The van der Waals surface area contributed by atoms with E-state index in [0.717, 1.165) is 12.0 Å². The Morgan fingerprint density at radius 3 is 2.36 bits per heavy atom. The van der Waals surface area contributed by atoms with E-state index >= 15 is 0 Å². The molecule has 1 aliphatic rings. The number of carbonyl (C=O) groups excluding carboxylic acids is 2. The van der Waals surface area contributed by atoms with Crippen LogP contribution in [0, 0.1) is 12.8 Å². The van der Waals surface area contributed by atoms with Crippen LogP contribution in [0.25, 0.3) is 0 Å². The molecule has 5 nitrogen and oxygen atoms in total. The van der Waals surface area contributed by atoms with Crippen LogP contribution in [0.5, 0.6) is 0 Å². The van der Waals surface area contributed by atoms with Crippen LogP contribution in [0.3, 0.4) is 0 Å². The summed E-state index contributed by atoms with van der Waals surface area (Å²) in [5.74, 6) is 0.649. The first-order chi connectivity index (χ1) is 12.1. The zero-order valence-corrected chi connectivity index (χ0v) is 15.4. The Balaban J connectivity index is 1.63. The Kier molecular flexibility index (Phi) is 7.76. The SMILES string of the molecule is CCC(NC(=O)NCCNC(=O)CC1CCCC1)c1ccc(C)cc1. The van der Waals surface area contributed by atoms with E-state index < -0.39 is 0 Å². The number of urea groups is 1. The minimum atomic E-state index is -0.197. The molecule has 1 aromatic carbocycles. The van der Waals surface area contributed by atoms with Crippen LogP contribution in [0.15, 0.2) is 24.3 Å². The highest BCUT2D eigenvalue weighted by Gasteiger charge is 2.18. The van der Waals surface area contributed by atoms with Gasteiger partial charge in [-0.25, -0.2) is 4.79 Å². The molecule has 1 unspecified atom stereocenters. The fraction of sp³-hybridized carbons (Fsp3) is 0.600. The molecule has 0 bridgehead atoms. The van der Waals surface area contributed by atoms with E-state index in [1.54, 1.807) is 0 Å². The van der Waals surface area contributed by atoms with Crippen molar-refractivity contribution >= 4 is 11.9 Å². The van der Waals surface area contributed by atoms with E-state index in [1.807, 2.05) is 26.0 Å². The van der Waals surface area contributed by atoms with Gasteiger partial charge >= 0.3 is 6.03 Å². The molecule has 0 heterocycles. The third-order valence-corrected chi connectivity index (χ3v) is 4.87. The fourth-order valence-corrected chi connectivity index (χ4v) is 3.36. The van der Waals surface area contributed by atoms with Gasteiger partial charge in [0.2, 0.25) is 5.91 Å². The Bertz CT molecular complexity index is 551. The molecule has 138 valence electrons. The molecule has 3 amide bonds. The number of nitrogens with one attached hydrogen (secondary N) is 3. The number of carbonyl (C=O) groups is 2. The normalized spacial score (nSPS) is 15.6. The molecule has 1 fully saturated rings. The molecule has 1 aromatic rings. The Morgan fingerprint density at radius 2 is 1.72 bits per heavy atom. The third-order valence-electron chi connectivity index (χ3n) is 4.87. The lowest BCUT2D eigenvalue weighted by Crippen LogP contribution is -2.41. The summed E-state index contributed by atoms with van der Waals surface area (Å²) in [7, 11) is 0. The van der Waals surface area contributed by atoms with Gasteiger partial charge in [-0.1, -0.05) is 49.6 Å². The van der Waals surface area contributed by atoms with Crippen molar-refractivity contribution < 1.29 is 9.59 Å². The highest BCUT2D eigenvalue weighted by Crippen LogP contribution is 2.27. The van der Waals surface area contributed by atoms with Crippen LogP contribution in [0.2, 0.25) is 0 Å². The molecule has 0 saturated heterocycles. The predicted molar refractivity (Wildman–Crippen MR) is 100 cm³/mol. The monoisotopic (exact) mass is 345 g/mol. The van der Waals surface area contributed by atoms with E-state index in [0.29, 0.717) is 25.4 Å². The topological polar surface area (TPSA) is 70.2 Å². The van der Waals surface area contributed by atoms with Gasteiger partial charge in [0.1, 0.15) is 0 Å². The zero-order chi connectivity index (χ0) is 18.1. The van der Waals surface area contributed by atoms with Gasteiger partial charge in [-0.2, -0.15) is 0 Å². The van der Waals surface area contributed by atoms with Gasteiger partial charge in [-0.05, 0) is 37.7 Å². The maximum atomic E-state index is 12.0. The van der Waals surface area contributed by atoms with Crippen molar-refractivity contribution in [3.05, 3.63) is 35.4 Å². The second-order valence-corrected chi connectivity index (χ2v) is 6.98. The van der Waals surface area contributed by atoms with E-state index in [4.69, 9.17) is 0 Å². The first-order valence-corrected chi connectivity index (χ1v) is 9.46. The predicted octanol–water partition coefficient (Wildman–Crippen LogP) is 3.44. The summed E-state index contributed by atoms with van der Waals surface area (Å²) < 4.78 is 0. The van der Waals surface area contributed by atoms with Crippen LogP contribution in [-0.2, 0) is 4.79 Å². The van der Waals surface area contributed by atoms with Gasteiger partial charge in [0.15, 0.2) is 0 Å². The Hall–Kier alpha value is -2.04. The molecule has 5 heteroatoms. The average molecular weight is 345 g/mol. The number of hydrogen-bond donors (Lipinski definition) is 3. The molecule has 3 N–H and O–H groups in total. The molecular weight excluding hydrogens is 314 g/mol. The van der Waals surface area contributed by atoms with E-state index in [2.05, 4.69) is 28.1 Å². The van der Waals surface area contributed by atoms with Gasteiger partial charge in [0.05, 0.1) is 6.04 Å². The van der Waals surface area contributed by atoms with Crippen molar-refractivity contribution in [2.75, 3.05) is 13.1 Å². The molecule has 0 radical (unpaired) electrons. The van der Waals surface area contributed by atoms with Crippen molar-refractivity contribution in [3.8, 4) is 0 Å². The van der Waals surface area contributed by atoms with E-state index in [1.165, 1.54) is 31.2 Å². The summed E-state index contributed by atoms with van der Waals surface area (Å²) in [6.07, 6.45) is 6.29. The molecule has 1 aliphatic carbocycles. The highest BCUT2D eigenvalue weighted by atomic mass is 16.2. The summed E-state index contributed by atoms with van der Waals surface area (Å²) in [6, 6.07) is 8.00. The number of amides is 3. The lowest BCUT2D eigenvalue weighted by atomic mass is 10.0. The van der Waals surface area contributed by atoms with Crippen molar-refractivity contribution in [2.24, 2.45) is 5.92 Å². The Morgan fingerprint density at radius 1 is 1.08 bits per heavy atom. The van der Waals surface area contributed by atoms with Crippen molar-refractivity contribution in [1.82, 2.24) is 16.0 Å². The molecule has 1 atom stereocenters. The fourth-order valence-electron chi connectivity index (χ4n) is 3.36. The summed E-state index contributed by atoms with van der Waals surface area (Å²) in [5.41, 5.74) is 2.31. The number of benzene rings is 1. The largest absolute Gasteiger partial charge is 0.354 e. The summed E-state index contributed by atoms with van der Waals surface area (Å²) in [4.78, 5) is 23.9. The number of rotatable bonds is 8. The first kappa shape index (κ1) is 19.3. The van der Waals surface area contributed by atoms with Crippen molar-refractivity contribution in [3.63, 3.8) is 0 Å². The van der Waals surface area contributed by atoms with Crippen LogP contribution in [-0.4, -0.2) is 25.0 Å². The first-order valence-electron chi connectivity index (χ1n) is 9.46. The number of aryl methyl sites for hydroxylation is 1. The van der Waals surface area contributed by atoms with Crippen LogP contribution in [0.1, 0.15) is 62.6 Å². The van der Waals surface area contributed by atoms with E-state index in [9.17, 15) is 9.59 Å². The van der Waals surface area contributed by atoms with Gasteiger partial charge < -0.3 is 16.0 Å². The standard InChI is InChI=1S/C20H31N3O2/c1-3-18(17-10-8-15(2)9-11-17)23-20(25)22-13-12-21-19(24)14-16-6-4-5-7-16/h8-11,16,18H,3-7,12-14H2,1-2H3,(H,21,24)(H2,22,23,25). The van der Waals surface area contributed by atoms with Crippen LogP contribution in [0.4, 0.5) is 4.79 Å². The zero-order valence-electron chi connectivity index (χ0n) is 15.4. The molecular formula is C20H31N3O2. The molecule has 1 saturated carbocycles. The quantitative estimate of drug-likeness (QED) is 0.632. The molecule has 25 heavy (non-hydrogen) atoms. The lowest BCUT2D eigenvalue weighted by Gasteiger charge is -2.18. The maximum Gasteiger partial charge on any atom is 0.315 e. The summed E-state index contributed by atoms with van der Waals surface area (Å²) >= 11 is 0. The second-order valence-electron chi connectivity index (χ2n) is 6.98. The molecule has 0 aliphatic heterocycles. The average Bonchev–Trinajstić information content (AvgIpc) is 3.10. The molecule has 2 rings (SSSR count). The summed E-state index contributed by atoms with van der Waals surface area (Å²) in [6.45, 7) is 5.01. The van der Waals surface area contributed by atoms with Crippen molar-refractivity contribution in [2.45, 2.75) is 58.4 Å². The van der Waals surface area contributed by atoms with Gasteiger partial charge in [0, 0.05) is 19.5 Å². The minimum Gasteiger partial charge on any atom is -0.354 e. The maximum absolute atomic E-state index is 12.0. The van der Waals surface area contributed by atoms with Gasteiger partial charge in [-0.3, -0.25) is 4.79 Å². The summed E-state index contributed by atoms with van der Waals surface area (Å²) in [5, 5.41) is 8.69. The van der Waals surface area contributed by atoms with Crippen LogP contribution < -0.4 is 16.0 Å². The molecule has 0 spiro atoms.